The summed E-state index contributed by atoms with van der Waals surface area (Å²) in [6, 6.07) is 7.30. The summed E-state index contributed by atoms with van der Waals surface area (Å²) in [5.74, 6) is -0.270. The Morgan fingerprint density at radius 3 is 2.35 bits per heavy atom. The molecule has 3 nitrogen and oxygen atoms in total. The molecule has 1 aromatic rings. The zero-order valence-electron chi connectivity index (χ0n) is 10.4. The van der Waals surface area contributed by atoms with Gasteiger partial charge in [0, 0.05) is 10.5 Å². The quantitative estimate of drug-likeness (QED) is 0.872. The topological polar surface area (TPSA) is 52.3 Å². The third-order valence-corrected chi connectivity index (χ3v) is 2.63. The molecule has 0 heterocycles. The van der Waals surface area contributed by atoms with Gasteiger partial charge in [-0.15, -0.1) is 0 Å². The molecule has 0 aliphatic carbocycles. The molecule has 0 bridgehead atoms. The van der Waals surface area contributed by atoms with E-state index >= 15 is 0 Å². The zero-order valence-corrected chi connectivity index (χ0v) is 12.0. The molecule has 0 unspecified atom stereocenters. The van der Waals surface area contributed by atoms with Crippen LogP contribution in [0.15, 0.2) is 28.7 Å². The van der Waals surface area contributed by atoms with Gasteiger partial charge < -0.3 is 10.5 Å². The standard InChI is InChI=1S/C13H18BrNO2/c1-13(2,3)17-12(16)8-11(15)9-4-6-10(14)7-5-9/h4-7,11H,8,15H2,1-3H3/t11-/m1/s1. The van der Waals surface area contributed by atoms with Gasteiger partial charge in [-0.25, -0.2) is 0 Å². The van der Waals surface area contributed by atoms with E-state index in [1.165, 1.54) is 0 Å². The van der Waals surface area contributed by atoms with Crippen LogP contribution in [0.4, 0.5) is 0 Å². The smallest absolute Gasteiger partial charge is 0.308 e. The molecule has 0 saturated carbocycles. The molecule has 1 atom stereocenters. The molecule has 1 rings (SSSR count). The Morgan fingerprint density at radius 1 is 1.35 bits per heavy atom. The first-order valence-electron chi connectivity index (χ1n) is 5.51. The monoisotopic (exact) mass is 299 g/mol. The summed E-state index contributed by atoms with van der Waals surface area (Å²) in [4.78, 5) is 11.6. The van der Waals surface area contributed by atoms with Gasteiger partial charge in [-0.05, 0) is 38.5 Å². The number of ether oxygens (including phenoxy) is 1. The number of hydrogen-bond acceptors (Lipinski definition) is 3. The Morgan fingerprint density at radius 2 is 1.88 bits per heavy atom. The van der Waals surface area contributed by atoms with Crippen molar-refractivity contribution in [2.24, 2.45) is 5.73 Å². The largest absolute Gasteiger partial charge is 0.460 e. The van der Waals surface area contributed by atoms with Crippen LogP contribution in [-0.2, 0) is 9.53 Å². The van der Waals surface area contributed by atoms with E-state index in [1.807, 2.05) is 45.0 Å². The van der Waals surface area contributed by atoms with Crippen LogP contribution < -0.4 is 5.73 Å². The van der Waals surface area contributed by atoms with Gasteiger partial charge in [0.1, 0.15) is 5.60 Å². The molecular weight excluding hydrogens is 282 g/mol. The number of halogens is 1. The van der Waals surface area contributed by atoms with Crippen molar-refractivity contribution in [2.45, 2.75) is 38.8 Å². The second-order valence-electron chi connectivity index (χ2n) is 4.95. The number of hydrogen-bond donors (Lipinski definition) is 1. The lowest BCUT2D eigenvalue weighted by molar-refractivity contribution is -0.155. The van der Waals surface area contributed by atoms with E-state index in [0.29, 0.717) is 0 Å². The average molecular weight is 300 g/mol. The molecule has 94 valence electrons. The van der Waals surface area contributed by atoms with Crippen LogP contribution in [0, 0.1) is 0 Å². The van der Waals surface area contributed by atoms with Gasteiger partial charge in [0.15, 0.2) is 0 Å². The fourth-order valence-corrected chi connectivity index (χ4v) is 1.65. The number of carbonyl (C=O) groups is 1. The number of nitrogens with two attached hydrogens (primary N) is 1. The third kappa shape index (κ3) is 5.33. The molecule has 0 aliphatic rings. The van der Waals surface area contributed by atoms with Crippen molar-refractivity contribution < 1.29 is 9.53 Å². The van der Waals surface area contributed by atoms with Crippen LogP contribution in [0.2, 0.25) is 0 Å². The van der Waals surface area contributed by atoms with E-state index in [9.17, 15) is 4.79 Å². The fourth-order valence-electron chi connectivity index (χ4n) is 1.39. The maximum Gasteiger partial charge on any atom is 0.308 e. The predicted molar refractivity (Wildman–Crippen MR) is 71.5 cm³/mol. The van der Waals surface area contributed by atoms with Gasteiger partial charge in [0.25, 0.3) is 0 Å². The zero-order chi connectivity index (χ0) is 13.1. The maximum absolute atomic E-state index is 11.6. The normalized spacial score (nSPS) is 13.2. The molecule has 0 radical (unpaired) electrons. The summed E-state index contributed by atoms with van der Waals surface area (Å²) < 4.78 is 6.22. The van der Waals surface area contributed by atoms with Crippen molar-refractivity contribution in [1.82, 2.24) is 0 Å². The van der Waals surface area contributed by atoms with E-state index in [4.69, 9.17) is 10.5 Å². The highest BCUT2D eigenvalue weighted by Gasteiger charge is 2.19. The molecule has 1 aromatic carbocycles. The highest BCUT2D eigenvalue weighted by atomic mass is 79.9. The molecule has 0 saturated heterocycles. The number of benzene rings is 1. The summed E-state index contributed by atoms with van der Waals surface area (Å²) >= 11 is 3.35. The molecule has 0 aromatic heterocycles. The lowest BCUT2D eigenvalue weighted by atomic mass is 10.0. The molecule has 17 heavy (non-hydrogen) atoms. The number of carbonyl (C=O) groups excluding carboxylic acids is 1. The SMILES string of the molecule is CC(C)(C)OC(=O)C[C@@H](N)c1ccc(Br)cc1. The van der Waals surface area contributed by atoms with E-state index in [0.717, 1.165) is 10.0 Å². The average Bonchev–Trinajstić information content (AvgIpc) is 2.15. The van der Waals surface area contributed by atoms with Gasteiger partial charge in [-0.1, -0.05) is 28.1 Å². The number of rotatable bonds is 3. The van der Waals surface area contributed by atoms with Crippen LogP contribution in [0.5, 0.6) is 0 Å². The highest BCUT2D eigenvalue weighted by molar-refractivity contribution is 9.10. The Kier molecular flexibility index (Phi) is 4.71. The Hall–Kier alpha value is -0.870. The minimum atomic E-state index is -0.462. The summed E-state index contributed by atoms with van der Waals surface area (Å²) in [6.45, 7) is 5.53. The highest BCUT2D eigenvalue weighted by Crippen LogP contribution is 2.19. The molecule has 0 spiro atoms. The minimum Gasteiger partial charge on any atom is -0.460 e. The lowest BCUT2D eigenvalue weighted by Gasteiger charge is -2.21. The molecule has 0 aliphatic heterocycles. The molecule has 0 amide bonds. The van der Waals surface area contributed by atoms with E-state index < -0.39 is 5.60 Å². The molecular formula is C13H18BrNO2. The Bertz CT molecular complexity index is 381. The van der Waals surface area contributed by atoms with Crippen LogP contribution >= 0.6 is 15.9 Å². The van der Waals surface area contributed by atoms with Crippen molar-refractivity contribution in [3.63, 3.8) is 0 Å². The fraction of sp³-hybridized carbons (Fsp3) is 0.462. The third-order valence-electron chi connectivity index (χ3n) is 2.10. The second-order valence-corrected chi connectivity index (χ2v) is 5.86. The first-order valence-corrected chi connectivity index (χ1v) is 6.30. The van der Waals surface area contributed by atoms with Crippen molar-refractivity contribution in [3.8, 4) is 0 Å². The van der Waals surface area contributed by atoms with Crippen LogP contribution in [0.1, 0.15) is 38.8 Å². The summed E-state index contributed by atoms with van der Waals surface area (Å²) in [5.41, 5.74) is 6.42. The van der Waals surface area contributed by atoms with Crippen molar-refractivity contribution >= 4 is 21.9 Å². The minimum absolute atomic E-state index is 0.193. The molecule has 2 N–H and O–H groups in total. The summed E-state index contributed by atoms with van der Waals surface area (Å²) in [7, 11) is 0. The maximum atomic E-state index is 11.6. The summed E-state index contributed by atoms with van der Waals surface area (Å²) in [5, 5.41) is 0. The van der Waals surface area contributed by atoms with E-state index in [-0.39, 0.29) is 18.4 Å². The first kappa shape index (κ1) is 14.2. The van der Waals surface area contributed by atoms with E-state index in [1.54, 1.807) is 0 Å². The van der Waals surface area contributed by atoms with Crippen LogP contribution in [-0.4, -0.2) is 11.6 Å². The molecule has 4 heteroatoms. The first-order chi connectivity index (χ1) is 7.78. The van der Waals surface area contributed by atoms with Gasteiger partial charge in [0.2, 0.25) is 0 Å². The molecule has 0 fully saturated rings. The van der Waals surface area contributed by atoms with Crippen LogP contribution in [0.25, 0.3) is 0 Å². The Balaban J connectivity index is 2.57. The van der Waals surface area contributed by atoms with Crippen LogP contribution in [0.3, 0.4) is 0 Å². The van der Waals surface area contributed by atoms with Gasteiger partial charge in [-0.2, -0.15) is 0 Å². The van der Waals surface area contributed by atoms with Crippen molar-refractivity contribution in [1.29, 1.82) is 0 Å². The van der Waals surface area contributed by atoms with Gasteiger partial charge in [0.05, 0.1) is 6.42 Å². The lowest BCUT2D eigenvalue weighted by Crippen LogP contribution is -2.26. The van der Waals surface area contributed by atoms with E-state index in [2.05, 4.69) is 15.9 Å². The predicted octanol–water partition coefficient (Wildman–Crippen LogP) is 3.18. The van der Waals surface area contributed by atoms with Crippen molar-refractivity contribution in [3.05, 3.63) is 34.3 Å². The Labute approximate surface area is 110 Å². The van der Waals surface area contributed by atoms with Gasteiger partial charge in [-0.3, -0.25) is 4.79 Å². The van der Waals surface area contributed by atoms with Gasteiger partial charge >= 0.3 is 5.97 Å². The number of esters is 1. The second kappa shape index (κ2) is 5.65. The van der Waals surface area contributed by atoms with Crippen molar-refractivity contribution in [2.75, 3.05) is 0 Å². The summed E-state index contributed by atoms with van der Waals surface area (Å²) in [6.07, 6.45) is 0.193.